The lowest BCUT2D eigenvalue weighted by Crippen LogP contribution is -2.04. The number of nitrogens with two attached hydrogens (primary N) is 1. The molecule has 104 valence electrons. The van der Waals surface area contributed by atoms with E-state index in [0.717, 1.165) is 6.42 Å². The molecule has 0 aliphatic carbocycles. The van der Waals surface area contributed by atoms with Crippen molar-refractivity contribution in [3.05, 3.63) is 64.2 Å². The minimum absolute atomic E-state index is 0.0287. The van der Waals surface area contributed by atoms with Crippen LogP contribution in [0.2, 0.25) is 5.02 Å². The van der Waals surface area contributed by atoms with Gasteiger partial charge in [-0.05, 0) is 42.2 Å². The summed E-state index contributed by atoms with van der Waals surface area (Å²) in [5, 5.41) is 0.468. The van der Waals surface area contributed by atoms with Crippen molar-refractivity contribution in [2.24, 2.45) is 5.92 Å². The maximum absolute atomic E-state index is 12.4. The van der Waals surface area contributed by atoms with E-state index in [9.17, 15) is 4.79 Å². The summed E-state index contributed by atoms with van der Waals surface area (Å²) >= 11 is 5.88. The van der Waals surface area contributed by atoms with Crippen molar-refractivity contribution in [2.75, 3.05) is 5.73 Å². The van der Waals surface area contributed by atoms with Crippen molar-refractivity contribution in [3.63, 3.8) is 0 Å². The molecule has 0 unspecified atom stereocenters. The molecule has 0 aromatic heterocycles. The second-order valence-electron chi connectivity index (χ2n) is 5.36. The van der Waals surface area contributed by atoms with Crippen LogP contribution in [0.3, 0.4) is 0 Å². The molecular formula is C17H18ClNO. The van der Waals surface area contributed by atoms with Gasteiger partial charge in [0.1, 0.15) is 0 Å². The Morgan fingerprint density at radius 1 is 1.15 bits per heavy atom. The second-order valence-corrected chi connectivity index (χ2v) is 5.77. The van der Waals surface area contributed by atoms with Gasteiger partial charge in [-0.3, -0.25) is 4.79 Å². The first-order valence-electron chi connectivity index (χ1n) is 6.66. The summed E-state index contributed by atoms with van der Waals surface area (Å²) in [5.74, 6) is 0.533. The molecule has 0 atom stereocenters. The maximum Gasteiger partial charge on any atom is 0.193 e. The normalized spacial score (nSPS) is 10.8. The molecule has 0 saturated heterocycles. The molecular weight excluding hydrogens is 270 g/mol. The number of carbonyl (C=O) groups excluding carboxylic acids is 1. The molecule has 20 heavy (non-hydrogen) atoms. The molecule has 0 aliphatic rings. The predicted octanol–water partition coefficient (Wildman–Crippen LogP) is 4.35. The smallest absolute Gasteiger partial charge is 0.193 e. The van der Waals surface area contributed by atoms with Gasteiger partial charge in [-0.15, -0.1) is 0 Å². The van der Waals surface area contributed by atoms with Crippen LogP contribution in [-0.2, 0) is 6.42 Å². The van der Waals surface area contributed by atoms with Gasteiger partial charge in [0.2, 0.25) is 0 Å². The second kappa shape index (κ2) is 6.10. The van der Waals surface area contributed by atoms with E-state index in [1.807, 2.05) is 24.3 Å². The van der Waals surface area contributed by atoms with Crippen LogP contribution >= 0.6 is 11.6 Å². The van der Waals surface area contributed by atoms with Gasteiger partial charge in [0.15, 0.2) is 5.78 Å². The first-order chi connectivity index (χ1) is 9.47. The summed E-state index contributed by atoms with van der Waals surface area (Å²) < 4.78 is 0. The van der Waals surface area contributed by atoms with Gasteiger partial charge in [0.25, 0.3) is 0 Å². The molecule has 2 N–H and O–H groups in total. The Bertz CT molecular complexity index is 635. The van der Waals surface area contributed by atoms with Crippen molar-refractivity contribution in [1.82, 2.24) is 0 Å². The molecule has 0 bridgehead atoms. The standard InChI is InChI=1S/C17H18ClNO/c1-11(2)8-12-4-3-5-13(9-12)17(20)14-6-7-15(18)16(19)10-14/h3-7,9-11H,8,19H2,1-2H3. The molecule has 0 amide bonds. The van der Waals surface area contributed by atoms with Crippen molar-refractivity contribution in [1.29, 1.82) is 0 Å². The highest BCUT2D eigenvalue weighted by atomic mass is 35.5. The molecule has 0 aliphatic heterocycles. The first kappa shape index (κ1) is 14.6. The Labute approximate surface area is 124 Å². The Morgan fingerprint density at radius 3 is 2.50 bits per heavy atom. The van der Waals surface area contributed by atoms with Gasteiger partial charge in [0, 0.05) is 11.1 Å². The summed E-state index contributed by atoms with van der Waals surface area (Å²) in [4.78, 5) is 12.4. The SMILES string of the molecule is CC(C)Cc1cccc(C(=O)c2ccc(Cl)c(N)c2)c1. The van der Waals surface area contributed by atoms with Crippen LogP contribution in [0, 0.1) is 5.92 Å². The molecule has 0 heterocycles. The molecule has 2 aromatic rings. The molecule has 2 rings (SSSR count). The van der Waals surface area contributed by atoms with E-state index in [0.29, 0.717) is 27.8 Å². The highest BCUT2D eigenvalue weighted by molar-refractivity contribution is 6.33. The van der Waals surface area contributed by atoms with Crippen LogP contribution in [0.5, 0.6) is 0 Å². The summed E-state index contributed by atoms with van der Waals surface area (Å²) in [5.41, 5.74) is 8.60. The minimum Gasteiger partial charge on any atom is -0.398 e. The zero-order chi connectivity index (χ0) is 14.7. The first-order valence-corrected chi connectivity index (χ1v) is 7.04. The van der Waals surface area contributed by atoms with Crippen LogP contribution in [0.4, 0.5) is 5.69 Å². The van der Waals surface area contributed by atoms with Gasteiger partial charge in [-0.2, -0.15) is 0 Å². The van der Waals surface area contributed by atoms with Crippen LogP contribution in [0.1, 0.15) is 35.3 Å². The number of carbonyl (C=O) groups is 1. The average molecular weight is 288 g/mol. The van der Waals surface area contributed by atoms with Crippen LogP contribution in [0.15, 0.2) is 42.5 Å². The lowest BCUT2D eigenvalue weighted by molar-refractivity contribution is 0.103. The number of anilines is 1. The molecule has 0 saturated carbocycles. The van der Waals surface area contributed by atoms with E-state index in [2.05, 4.69) is 13.8 Å². The molecule has 2 nitrogen and oxygen atoms in total. The summed E-state index contributed by atoms with van der Waals surface area (Å²) in [6.45, 7) is 4.32. The topological polar surface area (TPSA) is 43.1 Å². The summed E-state index contributed by atoms with van der Waals surface area (Å²) in [6.07, 6.45) is 0.962. The van der Waals surface area contributed by atoms with Crippen molar-refractivity contribution < 1.29 is 4.79 Å². The highest BCUT2D eigenvalue weighted by Gasteiger charge is 2.11. The Kier molecular flexibility index (Phi) is 4.46. The summed E-state index contributed by atoms with van der Waals surface area (Å²) in [6, 6.07) is 12.7. The third kappa shape index (κ3) is 3.40. The third-order valence-electron chi connectivity index (χ3n) is 3.09. The monoisotopic (exact) mass is 287 g/mol. The van der Waals surface area contributed by atoms with Gasteiger partial charge in [-0.25, -0.2) is 0 Å². The van der Waals surface area contributed by atoms with Crippen molar-refractivity contribution in [3.8, 4) is 0 Å². The molecule has 0 fully saturated rings. The summed E-state index contributed by atoms with van der Waals surface area (Å²) in [7, 11) is 0. The molecule has 2 aromatic carbocycles. The van der Waals surface area contributed by atoms with Crippen LogP contribution in [0.25, 0.3) is 0 Å². The van der Waals surface area contributed by atoms with Crippen molar-refractivity contribution in [2.45, 2.75) is 20.3 Å². The number of ketones is 1. The molecule has 3 heteroatoms. The van der Waals surface area contributed by atoms with Gasteiger partial charge in [-0.1, -0.05) is 43.6 Å². The van der Waals surface area contributed by atoms with Crippen LogP contribution in [-0.4, -0.2) is 5.78 Å². The number of halogens is 1. The van der Waals surface area contributed by atoms with Gasteiger partial charge >= 0.3 is 0 Å². The zero-order valence-electron chi connectivity index (χ0n) is 11.7. The quantitative estimate of drug-likeness (QED) is 0.671. The predicted molar refractivity (Wildman–Crippen MR) is 84.3 cm³/mol. The zero-order valence-corrected chi connectivity index (χ0v) is 12.4. The lowest BCUT2D eigenvalue weighted by Gasteiger charge is -2.08. The fourth-order valence-corrected chi connectivity index (χ4v) is 2.28. The number of benzene rings is 2. The van der Waals surface area contributed by atoms with Gasteiger partial charge < -0.3 is 5.73 Å². The van der Waals surface area contributed by atoms with Crippen molar-refractivity contribution >= 4 is 23.1 Å². The fourth-order valence-electron chi connectivity index (χ4n) is 2.16. The van der Waals surface area contributed by atoms with E-state index >= 15 is 0 Å². The number of nitrogen functional groups attached to an aromatic ring is 1. The van der Waals surface area contributed by atoms with E-state index < -0.39 is 0 Å². The number of hydrogen-bond acceptors (Lipinski definition) is 2. The van der Waals surface area contributed by atoms with Crippen LogP contribution < -0.4 is 5.73 Å². The lowest BCUT2D eigenvalue weighted by atomic mass is 9.97. The Morgan fingerprint density at radius 2 is 1.85 bits per heavy atom. The largest absolute Gasteiger partial charge is 0.398 e. The van der Waals surface area contributed by atoms with Gasteiger partial charge in [0.05, 0.1) is 10.7 Å². The number of rotatable bonds is 4. The highest BCUT2D eigenvalue weighted by Crippen LogP contribution is 2.22. The average Bonchev–Trinajstić information content (AvgIpc) is 2.40. The Hall–Kier alpha value is -1.80. The minimum atomic E-state index is -0.0287. The van der Waals surface area contributed by atoms with E-state index in [1.54, 1.807) is 18.2 Å². The van der Waals surface area contributed by atoms with E-state index in [-0.39, 0.29) is 5.78 Å². The van der Waals surface area contributed by atoms with E-state index in [1.165, 1.54) is 5.56 Å². The third-order valence-corrected chi connectivity index (χ3v) is 3.44. The maximum atomic E-state index is 12.4. The Balaban J connectivity index is 2.30. The fraction of sp³-hybridized carbons (Fsp3) is 0.235. The molecule has 0 spiro atoms. The number of hydrogen-bond donors (Lipinski definition) is 1. The molecule has 0 radical (unpaired) electrons. The van der Waals surface area contributed by atoms with E-state index in [4.69, 9.17) is 17.3 Å².